The quantitative estimate of drug-likeness (QED) is 0.0402. The second-order valence-corrected chi connectivity index (χ2v) is 256. The maximum Gasteiger partial charge on any atom is 0.167 e. The van der Waals surface area contributed by atoms with Crippen LogP contribution in [0.15, 0.2) is 34.4 Å². The van der Waals surface area contributed by atoms with Gasteiger partial charge in [0.1, 0.15) is 30.0 Å². The van der Waals surface area contributed by atoms with E-state index < -0.39 is 215 Å². The van der Waals surface area contributed by atoms with Crippen molar-refractivity contribution in [2.75, 3.05) is 0 Å². The minimum absolute atomic E-state index is 0.126. The predicted molar refractivity (Wildman–Crippen MR) is 708 cm³/mol. The molecule has 4 rings (SSSR count). The summed E-state index contributed by atoms with van der Waals surface area (Å²) in [5.41, 5.74) is 2.90. The van der Waals surface area contributed by atoms with Gasteiger partial charge in [-0.1, -0.05) is 113 Å². The van der Waals surface area contributed by atoms with Gasteiger partial charge in [0.05, 0.1) is 69.6 Å². The molecule has 4 aliphatic rings. The van der Waals surface area contributed by atoms with Gasteiger partial charge in [0.2, 0.25) is 0 Å². The molecule has 50 unspecified atom stereocenters. The number of fused-ring (bicyclic) bond motifs is 4. The van der Waals surface area contributed by atoms with E-state index in [2.05, 4.69) is 366 Å². The topological polar surface area (TPSA) is 133 Å². The Morgan fingerprint density at radius 3 is 1.05 bits per heavy atom. The van der Waals surface area contributed by atoms with Crippen LogP contribution < -0.4 is 0 Å². The average molecular weight is 2700 g/mol. The number of ketones is 1. The van der Waals surface area contributed by atoms with Gasteiger partial charge < -0.3 is 42.5 Å². The third kappa shape index (κ3) is 37.4. The smallest absolute Gasteiger partial charge is 0.167 e. The van der Waals surface area contributed by atoms with Crippen LogP contribution in [0.3, 0.4) is 0 Å². The Balaban J connectivity index is 0.000000574. The molecule has 0 aromatic carbocycles. The monoisotopic (exact) mass is 2700 g/mol. The zero-order valence-electron chi connectivity index (χ0n) is 62.0. The van der Waals surface area contributed by atoms with Crippen LogP contribution in [-0.4, -0.2) is 75.5 Å². The van der Waals surface area contributed by atoms with E-state index in [0.29, 0.717) is 40.8 Å². The first-order chi connectivity index (χ1) is 50.5. The molecule has 110 heavy (non-hydrogen) atoms. The number of hydrogen-bond donors (Lipinski definition) is 3. The molecule has 74 heteroatoms. The van der Waals surface area contributed by atoms with Gasteiger partial charge in [-0.2, -0.15) is 0 Å². The molecule has 10 nitrogen and oxygen atoms in total. The fraction of sp³-hybridized carbons (Fsp3) is 0.806. The molecule has 2 saturated carbocycles. The molecule has 4 aliphatic carbocycles. The summed E-state index contributed by atoms with van der Waals surface area (Å²) in [6.45, 7) is 14.4. The zero-order chi connectivity index (χ0) is 85.3. The van der Waals surface area contributed by atoms with E-state index in [1.54, 1.807) is 0 Å². The van der Waals surface area contributed by atoms with Crippen LogP contribution >= 0.6 is 518 Å². The van der Waals surface area contributed by atoms with Gasteiger partial charge >= 0.3 is 0 Å². The fourth-order valence-corrected chi connectivity index (χ4v) is 425. The Labute approximate surface area is 779 Å². The molecule has 0 spiro atoms. The van der Waals surface area contributed by atoms with E-state index in [4.69, 9.17) is 27.1 Å². The summed E-state index contributed by atoms with van der Waals surface area (Å²) in [6.07, 6.45) is -0.799. The molecule has 0 aromatic rings. The predicted octanol–water partition coefficient (Wildman–Crippen LogP) is 41.2. The first kappa shape index (κ1) is 130. The lowest BCUT2D eigenvalue weighted by Gasteiger charge is -2.58. The van der Waals surface area contributed by atoms with E-state index in [1.165, 1.54) is 22.3 Å². The molecule has 648 valence electrons. The number of Topliss-reactive ketones (excluding diaryl/α,β-unsaturated/α-hetero) is 1. The standard InChI is InChI=1S/C21H68O5P32.C15H56O5P32/c1-7-8-9-11(2)21(23)13(4)17(25-45(48(28)29)55(42)50(32)33)18(26-46(49(30)31)57(44-27)52(36)37)16-12(3)15(10-14(19(21)22)20(16,5)6)24-47(56(43)51(34)35)58(53(38)39)54(40)41;1-6-9(18-41(50(37)45(28)29)52(47(32)33)48(34)35)5-8-12(17)11(16)7(2)13(19-39(42(22)23)49(36)44(26)27)14(10(6)15(8,3)4)20-40(43(24)25)51(38-21)46(30)31/h13-15,17-19,22-23,44H,2,7-10,27-43H2,1,3-6H3;7-9,12-14,17,38H,5,21-37H2,1-4H3/t13-,14?,15+,17-,18-,19-,21+,45?,46?,47?,55?,56?,57?;7-,8?,9-,12+,13+,14+,39?,40?,41?,49?,50?,51?/m10/s1. The van der Waals surface area contributed by atoms with Gasteiger partial charge in [-0.25, -0.2) is 0 Å². The average Bonchev–Trinajstić information content (AvgIpc) is 0.716. The fourth-order valence-electron chi connectivity index (χ4n) is 12.7. The Bertz CT molecular complexity index is 2850. The SMILES string of the molecule is C=C(CCCC)[C@@]1(O)[C@H](O)C2C[C@H](OP(P(P)P(P)P)P(P(P)P)P(P)P)C(C)=C([C@@H](OP(P(P)P)P(PP)P(P)P)[C@H](OP(P(P)P)P(P)P(P)P)[C@H]1C)C2(C)C.CC1=C2[C@@H](OP(P(P)P)P(PP)P(P)P)[C@H](OP(P(P)P)P(P)P(P)P)[C@@H](C)C(=O)[C@H](O)C(C[C@@H]1OP(P(P)P(P)P)P(P(P)P)P(P)P)C2(C)C. The van der Waals surface area contributed by atoms with Crippen LogP contribution in [0, 0.1) is 34.5 Å². The maximum absolute atomic E-state index is 14.7. The molecule has 0 saturated heterocycles. The van der Waals surface area contributed by atoms with Crippen molar-refractivity contribution in [3.05, 3.63) is 34.4 Å². The Hall–Kier alpha value is 26.0. The Morgan fingerprint density at radius 2 is 0.755 bits per heavy atom. The number of hydrogen-bond acceptors (Lipinski definition) is 10. The Morgan fingerprint density at radius 1 is 0.445 bits per heavy atom. The van der Waals surface area contributed by atoms with Crippen LogP contribution in [0.1, 0.15) is 94.4 Å². The lowest BCUT2D eigenvalue weighted by Crippen LogP contribution is -2.64. The second kappa shape index (κ2) is 63.8. The van der Waals surface area contributed by atoms with Crippen molar-refractivity contribution < 1.29 is 47.3 Å². The van der Waals surface area contributed by atoms with Crippen molar-refractivity contribution in [3.8, 4) is 0 Å². The minimum Gasteiger partial charge on any atom is -0.389 e. The van der Waals surface area contributed by atoms with Crippen LogP contribution in [0.4, 0.5) is 0 Å². The van der Waals surface area contributed by atoms with E-state index >= 15 is 0 Å². The highest BCUT2D eigenvalue weighted by Crippen LogP contribution is 3.20. The largest absolute Gasteiger partial charge is 0.389 e. The number of rotatable bonds is 40. The van der Waals surface area contributed by atoms with Crippen molar-refractivity contribution in [1.82, 2.24) is 0 Å². The van der Waals surface area contributed by atoms with Gasteiger partial charge in [-0.05, 0) is 182 Å². The summed E-state index contributed by atoms with van der Waals surface area (Å²) < 4.78 is 46.2. The third-order valence-corrected chi connectivity index (χ3v) is 334. The first-order valence-electron chi connectivity index (χ1n) is 31.5. The van der Waals surface area contributed by atoms with Crippen LogP contribution in [-0.2, 0) is 31.9 Å². The van der Waals surface area contributed by atoms with E-state index in [1.807, 2.05) is 6.92 Å². The van der Waals surface area contributed by atoms with Crippen molar-refractivity contribution in [2.24, 2.45) is 34.5 Å². The van der Waals surface area contributed by atoms with Crippen LogP contribution in [0.25, 0.3) is 0 Å². The molecule has 0 radical (unpaired) electrons. The van der Waals surface area contributed by atoms with E-state index in [-0.39, 0.29) is 78.7 Å². The van der Waals surface area contributed by atoms with E-state index in [0.717, 1.165) is 12.8 Å². The van der Waals surface area contributed by atoms with Crippen molar-refractivity contribution >= 4 is 524 Å². The van der Waals surface area contributed by atoms with Crippen molar-refractivity contribution in [3.63, 3.8) is 0 Å². The zero-order valence-corrected chi connectivity index (χ0v) is 128. The lowest BCUT2D eigenvalue weighted by molar-refractivity contribution is -0.169. The van der Waals surface area contributed by atoms with Gasteiger partial charge in [0.25, 0.3) is 0 Å². The van der Waals surface area contributed by atoms with Gasteiger partial charge in [0.15, 0.2) is 5.78 Å². The van der Waals surface area contributed by atoms with Crippen LogP contribution in [0.5, 0.6) is 0 Å². The number of aliphatic hydroxyl groups excluding tert-OH is 2. The molecule has 0 heterocycles. The third-order valence-electron chi connectivity index (χ3n) is 18.0. The summed E-state index contributed by atoms with van der Waals surface area (Å²) in [6, 6.07) is 0. The maximum atomic E-state index is 14.7. The molecule has 2 fully saturated rings. The molecular formula is C36H124O10P64. The summed E-state index contributed by atoms with van der Waals surface area (Å²) in [7, 11) is 102. The number of unbranched alkanes of at least 4 members (excludes halogenated alkanes) is 1. The molecule has 0 aromatic heterocycles. The molecule has 61 atom stereocenters. The molecule has 0 amide bonds. The summed E-state index contributed by atoms with van der Waals surface area (Å²) in [4.78, 5) is 14.7. The number of aliphatic hydroxyl groups is 3. The highest BCUT2D eigenvalue weighted by molar-refractivity contribution is 9.21. The molecule has 3 N–H and O–H groups in total. The van der Waals surface area contributed by atoms with Crippen molar-refractivity contribution in [2.45, 2.75) is 149 Å². The summed E-state index contributed by atoms with van der Waals surface area (Å²) >= 11 is 0. The normalized spacial score (nSPS) is 30.0. The van der Waals surface area contributed by atoms with Gasteiger partial charge in [0, 0.05) is 73.7 Å². The van der Waals surface area contributed by atoms with Gasteiger partial charge in [-0.15, -0.1) is 268 Å². The van der Waals surface area contributed by atoms with Crippen molar-refractivity contribution in [1.29, 1.82) is 0 Å². The second-order valence-electron chi connectivity index (χ2n) is 25.6. The van der Waals surface area contributed by atoms with Gasteiger partial charge in [-0.3, -0.25) is 4.79 Å². The Kier molecular flexibility index (Phi) is 75.5. The minimum atomic E-state index is -1.61. The highest BCUT2D eigenvalue weighted by atomic mass is 33.3. The molecule has 4 bridgehead atoms. The molecular weight excluding hydrogens is 2570 g/mol. The lowest BCUT2D eigenvalue weighted by atomic mass is 9.54. The summed E-state index contributed by atoms with van der Waals surface area (Å²) in [5.74, 6) is -1.75. The number of carbonyl (C=O) groups excluding carboxylic acids is 1. The van der Waals surface area contributed by atoms with E-state index in [9.17, 15) is 20.1 Å². The highest BCUT2D eigenvalue weighted by Gasteiger charge is 2.63. The summed E-state index contributed by atoms with van der Waals surface area (Å²) in [5, 5.41) is 39.0. The molecule has 0 aliphatic heterocycles. The first-order valence-corrected chi connectivity index (χ1v) is 143. The number of carbonyl (C=O) groups is 1. The van der Waals surface area contributed by atoms with Crippen LogP contribution in [0.2, 0.25) is 0 Å².